The van der Waals surface area contributed by atoms with Crippen molar-refractivity contribution in [2.75, 3.05) is 13.2 Å². The van der Waals surface area contributed by atoms with Crippen LogP contribution in [0.25, 0.3) is 11.1 Å². The monoisotopic (exact) mass is 668 g/mol. The maximum atomic E-state index is 14.1. The molecule has 246 valence electrons. The minimum Gasteiger partial charge on any atom is -0.476 e. The van der Waals surface area contributed by atoms with Crippen LogP contribution in [0.3, 0.4) is 0 Å². The highest BCUT2D eigenvalue weighted by molar-refractivity contribution is 6.80. The van der Waals surface area contributed by atoms with Crippen molar-refractivity contribution in [1.82, 2.24) is 0 Å². The fraction of sp³-hybridized carbons (Fsp3) is 0.424. The molecule has 0 unspecified atom stereocenters. The van der Waals surface area contributed by atoms with Crippen molar-refractivity contribution in [2.45, 2.75) is 66.4 Å². The number of terminal acetylenes is 1. The van der Waals surface area contributed by atoms with E-state index in [2.05, 4.69) is 17.1 Å². The van der Waals surface area contributed by atoms with Crippen LogP contribution in [0.5, 0.6) is 0 Å². The van der Waals surface area contributed by atoms with Gasteiger partial charge in [-0.1, -0.05) is 35.9 Å². The number of carbonyl (C=O) groups is 5. The van der Waals surface area contributed by atoms with Crippen molar-refractivity contribution in [3.05, 3.63) is 58.9 Å². The van der Waals surface area contributed by atoms with E-state index in [4.69, 9.17) is 33.0 Å². The Morgan fingerprint density at radius 2 is 1.60 bits per heavy atom. The van der Waals surface area contributed by atoms with Crippen molar-refractivity contribution in [2.24, 2.45) is 11.3 Å². The van der Waals surface area contributed by atoms with E-state index < -0.39 is 58.3 Å². The molecule has 0 spiro atoms. The van der Waals surface area contributed by atoms with Crippen LogP contribution < -0.4 is 0 Å². The Kier molecular flexibility index (Phi) is 17.9. The number of ketones is 1. The number of hydrogen-bond acceptors (Lipinski definition) is 8. The molecule has 2 aromatic rings. The van der Waals surface area contributed by atoms with Crippen LogP contribution in [-0.4, -0.2) is 58.0 Å². The second-order valence-corrected chi connectivity index (χ2v) is 11.8. The molecule has 0 heterocycles. The zero-order valence-corrected chi connectivity index (χ0v) is 27.6. The molecule has 0 saturated carbocycles. The van der Waals surface area contributed by atoms with E-state index >= 15 is 0 Å². The Morgan fingerprint density at radius 3 is 2.02 bits per heavy atom. The van der Waals surface area contributed by atoms with E-state index in [1.807, 2.05) is 0 Å². The van der Waals surface area contributed by atoms with Gasteiger partial charge in [0.15, 0.2) is 0 Å². The van der Waals surface area contributed by atoms with E-state index in [9.17, 15) is 33.5 Å². The molecule has 0 aliphatic carbocycles. The van der Waals surface area contributed by atoms with Crippen molar-refractivity contribution in [3.8, 4) is 23.5 Å². The van der Waals surface area contributed by atoms with Crippen molar-refractivity contribution in [1.29, 1.82) is 0 Å². The molecule has 0 bridgehead atoms. The van der Waals surface area contributed by atoms with Gasteiger partial charge in [0.25, 0.3) is 0 Å². The van der Waals surface area contributed by atoms with Gasteiger partial charge in [-0.05, 0) is 101 Å². The van der Waals surface area contributed by atoms with Crippen LogP contribution in [0, 0.1) is 29.5 Å². The quantitative estimate of drug-likeness (QED) is 0.120. The van der Waals surface area contributed by atoms with E-state index in [1.165, 1.54) is 25.1 Å². The number of ether oxygens (including phenoxy) is 2. The lowest BCUT2D eigenvalue weighted by molar-refractivity contribution is -0.159. The summed E-state index contributed by atoms with van der Waals surface area (Å²) in [4.78, 5) is 55.9. The number of aliphatic carboxylic acids is 1. The fourth-order valence-corrected chi connectivity index (χ4v) is 4.12. The van der Waals surface area contributed by atoms with Gasteiger partial charge < -0.3 is 19.7 Å². The fourth-order valence-electron chi connectivity index (χ4n) is 3.91. The van der Waals surface area contributed by atoms with Crippen LogP contribution in [0.2, 0.25) is 5.02 Å². The van der Waals surface area contributed by atoms with Crippen LogP contribution in [-0.2, 0) is 39.9 Å². The van der Waals surface area contributed by atoms with Gasteiger partial charge in [0.05, 0.1) is 18.6 Å². The lowest BCUT2D eigenvalue weighted by Gasteiger charge is -2.29. The van der Waals surface area contributed by atoms with E-state index in [1.54, 1.807) is 58.9 Å². The third-order valence-corrected chi connectivity index (χ3v) is 6.24. The number of aliphatic hydroxyl groups is 1. The zero-order chi connectivity index (χ0) is 35.0. The van der Waals surface area contributed by atoms with Gasteiger partial charge in [0.2, 0.25) is 5.78 Å². The molecule has 45 heavy (non-hydrogen) atoms. The Morgan fingerprint density at radius 1 is 1.04 bits per heavy atom. The summed E-state index contributed by atoms with van der Waals surface area (Å²) in [6, 6.07) is 11.2. The van der Waals surface area contributed by atoms with Gasteiger partial charge in [-0.3, -0.25) is 14.4 Å². The van der Waals surface area contributed by atoms with E-state index in [0.29, 0.717) is 16.1 Å². The highest BCUT2D eigenvalue weighted by Gasteiger charge is 2.37. The first-order chi connectivity index (χ1) is 20.8. The number of carboxylic acids is 1. The van der Waals surface area contributed by atoms with Crippen LogP contribution in [0.4, 0.5) is 4.39 Å². The Bertz CT molecular complexity index is 1360. The van der Waals surface area contributed by atoms with Crippen molar-refractivity contribution in [3.63, 3.8) is 0 Å². The maximum Gasteiger partial charge on any atom is 0.391 e. The molecule has 0 amide bonds. The molecular formula is C33H39Cl2FO9. The number of esters is 2. The largest absolute Gasteiger partial charge is 0.476 e. The minimum absolute atomic E-state index is 0.0615. The first-order valence-corrected chi connectivity index (χ1v) is 14.5. The molecule has 0 saturated heterocycles. The average molecular weight is 670 g/mol. The first-order valence-electron chi connectivity index (χ1n) is 13.7. The summed E-state index contributed by atoms with van der Waals surface area (Å²) in [5.41, 5.74) is -0.204. The number of carbonyl (C=O) groups excluding carboxylic acids is 4. The molecule has 0 aliphatic heterocycles. The summed E-state index contributed by atoms with van der Waals surface area (Å²) < 4.78 is 23.7. The molecule has 2 aromatic carbocycles. The number of carboxylic acid groups (broad SMARTS) is 1. The summed E-state index contributed by atoms with van der Waals surface area (Å²) in [5, 5.41) is 18.1. The van der Waals surface area contributed by atoms with Gasteiger partial charge in [-0.2, -0.15) is 0 Å². The van der Waals surface area contributed by atoms with Crippen LogP contribution >= 0.6 is 23.2 Å². The number of benzene rings is 2. The lowest BCUT2D eigenvalue weighted by Crippen LogP contribution is -2.37. The molecule has 0 radical (unpaired) electrons. The number of aliphatic hydroxyl groups excluding tert-OH is 1. The molecular weight excluding hydrogens is 630 g/mol. The van der Waals surface area contributed by atoms with Crippen LogP contribution in [0.1, 0.15) is 59.9 Å². The predicted molar refractivity (Wildman–Crippen MR) is 169 cm³/mol. The SMILES string of the molecule is C#CC.CC(C)(C)OC(=O)C(=O)Cl.CCOC(=O)[C@](C)(CO)C[C@H](CC(=O)C(=O)O)Cc1ccc(-c2cc(Cl)ccc2F)cc1. The summed E-state index contributed by atoms with van der Waals surface area (Å²) >= 11 is 10.8. The summed E-state index contributed by atoms with van der Waals surface area (Å²) in [5.74, 6) is -2.84. The molecule has 2 rings (SSSR count). The number of rotatable bonds is 12. The first kappa shape index (κ1) is 41.2. The molecule has 2 atom stereocenters. The number of hydrogen-bond donors (Lipinski definition) is 2. The molecule has 2 N–H and O–H groups in total. The van der Waals surface area contributed by atoms with E-state index in [0.717, 1.165) is 5.56 Å². The molecule has 9 nitrogen and oxygen atoms in total. The topological polar surface area (TPSA) is 144 Å². The van der Waals surface area contributed by atoms with Crippen molar-refractivity contribution < 1.29 is 48.0 Å². The maximum absolute atomic E-state index is 14.1. The standard InChI is InChI=1S/C24H26ClFO6.C6H9ClO3.C3H4/c1-3-32-23(31)24(2,14-27)13-16(11-21(28)22(29)30)10-15-4-6-17(7-5-15)19-12-18(25)8-9-20(19)26;1-6(2,3)10-5(9)4(7)8;1-3-2/h4-9,12,16,27H,3,10-11,13-14H2,1-2H3,(H,29,30);1-3H3;1H,2H3/t16-,24-;;/m0../s1. The summed E-state index contributed by atoms with van der Waals surface area (Å²) in [7, 11) is 0. The second kappa shape index (κ2) is 19.6. The van der Waals surface area contributed by atoms with Gasteiger partial charge >= 0.3 is 23.2 Å². The number of Topliss-reactive ketones (excluding diaryl/α,β-unsaturated/α-hetero) is 1. The highest BCUT2D eigenvalue weighted by Crippen LogP contribution is 2.32. The minimum atomic E-state index is -1.55. The second-order valence-electron chi connectivity index (χ2n) is 11.0. The van der Waals surface area contributed by atoms with Crippen molar-refractivity contribution >= 4 is 52.1 Å². The highest BCUT2D eigenvalue weighted by atomic mass is 35.5. The van der Waals surface area contributed by atoms with Gasteiger partial charge in [0.1, 0.15) is 11.4 Å². The molecule has 0 aliphatic rings. The normalized spacial score (nSPS) is 12.4. The zero-order valence-electron chi connectivity index (χ0n) is 26.1. The Balaban J connectivity index is 0.00000125. The molecule has 0 aromatic heterocycles. The number of halogens is 3. The Labute approximate surface area is 273 Å². The molecule has 12 heteroatoms. The Hall–Kier alpha value is -3.78. The van der Waals surface area contributed by atoms with Gasteiger partial charge in [-0.15, -0.1) is 12.3 Å². The lowest BCUT2D eigenvalue weighted by atomic mass is 9.77. The van der Waals surface area contributed by atoms with Gasteiger partial charge in [-0.25, -0.2) is 14.0 Å². The summed E-state index contributed by atoms with van der Waals surface area (Å²) in [6.45, 7) is 9.42. The predicted octanol–water partition coefficient (Wildman–Crippen LogP) is 6.03. The average Bonchev–Trinajstić information content (AvgIpc) is 2.94. The third-order valence-electron chi connectivity index (χ3n) is 5.85. The molecule has 0 fully saturated rings. The summed E-state index contributed by atoms with van der Waals surface area (Å²) in [6.07, 6.45) is 4.65. The van der Waals surface area contributed by atoms with Gasteiger partial charge in [0, 0.05) is 17.0 Å². The van der Waals surface area contributed by atoms with E-state index in [-0.39, 0.29) is 25.9 Å². The van der Waals surface area contributed by atoms with Crippen LogP contribution in [0.15, 0.2) is 42.5 Å². The smallest absolute Gasteiger partial charge is 0.391 e. The third kappa shape index (κ3) is 15.7.